The molecule has 0 bridgehead atoms. The monoisotopic (exact) mass is 377 g/mol. The highest BCUT2D eigenvalue weighted by Crippen LogP contribution is 2.49. The summed E-state index contributed by atoms with van der Waals surface area (Å²) in [4.78, 5) is 53.2. The molecule has 2 amide bonds. The molecule has 1 heterocycles. The Bertz CT molecular complexity index is 948. The molecule has 1 fully saturated rings. The first-order chi connectivity index (χ1) is 13.5. The molecule has 1 saturated carbocycles. The summed E-state index contributed by atoms with van der Waals surface area (Å²) in [7, 11) is 0. The van der Waals surface area contributed by atoms with E-state index in [0.717, 1.165) is 4.90 Å². The zero-order chi connectivity index (χ0) is 19.9. The van der Waals surface area contributed by atoms with Crippen LogP contribution in [-0.2, 0) is 9.53 Å². The van der Waals surface area contributed by atoms with Crippen LogP contribution in [0.5, 0.6) is 0 Å². The standard InChI is InChI=1S/C22H19NO5/c1-2-28-21(27)22(18(24)14-8-4-3-5-9-14)13-12-17(22)23-19(25)15-10-6-7-11-16(15)20(23)26/h3-11,17H,2,12-13H2,1H3. The van der Waals surface area contributed by atoms with Crippen LogP contribution in [0.3, 0.4) is 0 Å². The smallest absolute Gasteiger partial charge is 0.322 e. The van der Waals surface area contributed by atoms with Gasteiger partial charge < -0.3 is 4.74 Å². The topological polar surface area (TPSA) is 80.8 Å². The summed E-state index contributed by atoms with van der Waals surface area (Å²) in [6.45, 7) is 1.77. The van der Waals surface area contributed by atoms with Crippen LogP contribution in [0.15, 0.2) is 54.6 Å². The second kappa shape index (κ2) is 6.71. The van der Waals surface area contributed by atoms with Crippen LogP contribution in [0.1, 0.15) is 50.8 Å². The number of Topliss-reactive ketones (excluding diaryl/α,β-unsaturated/α-hetero) is 1. The van der Waals surface area contributed by atoms with E-state index in [0.29, 0.717) is 23.1 Å². The van der Waals surface area contributed by atoms with Crippen LogP contribution in [-0.4, -0.2) is 41.1 Å². The van der Waals surface area contributed by atoms with Crippen LogP contribution in [0.25, 0.3) is 0 Å². The molecular formula is C22H19NO5. The minimum atomic E-state index is -1.56. The molecule has 4 rings (SSSR count). The average Bonchev–Trinajstić information content (AvgIpc) is 2.94. The van der Waals surface area contributed by atoms with Gasteiger partial charge in [-0.25, -0.2) is 0 Å². The number of fused-ring (bicyclic) bond motifs is 1. The molecule has 1 aliphatic heterocycles. The number of nitrogens with zero attached hydrogens (tertiary/aromatic N) is 1. The zero-order valence-electron chi connectivity index (χ0n) is 15.4. The average molecular weight is 377 g/mol. The Morgan fingerprint density at radius 3 is 2.07 bits per heavy atom. The molecule has 2 aromatic carbocycles. The van der Waals surface area contributed by atoms with Crippen LogP contribution < -0.4 is 0 Å². The second-order valence-corrected chi connectivity index (χ2v) is 6.97. The molecule has 2 aliphatic rings. The molecule has 28 heavy (non-hydrogen) atoms. The van der Waals surface area contributed by atoms with Crippen molar-refractivity contribution in [3.63, 3.8) is 0 Å². The Morgan fingerprint density at radius 2 is 1.57 bits per heavy atom. The highest BCUT2D eigenvalue weighted by molar-refractivity contribution is 6.23. The molecule has 0 N–H and O–H groups in total. The van der Waals surface area contributed by atoms with Crippen molar-refractivity contribution < 1.29 is 23.9 Å². The highest BCUT2D eigenvalue weighted by Gasteiger charge is 2.64. The summed E-state index contributed by atoms with van der Waals surface area (Å²) in [5.74, 6) is -2.05. The predicted octanol–water partition coefficient (Wildman–Crippen LogP) is 2.88. The maximum Gasteiger partial charge on any atom is 0.322 e. The molecule has 0 aromatic heterocycles. The van der Waals surface area contributed by atoms with E-state index in [-0.39, 0.29) is 13.0 Å². The SMILES string of the molecule is CCOC(=O)C1(C(=O)c2ccccc2)CCC1N1C(=O)c2ccccc2C1=O. The van der Waals surface area contributed by atoms with Crippen LogP contribution in [0.2, 0.25) is 0 Å². The van der Waals surface area contributed by atoms with Gasteiger partial charge >= 0.3 is 5.97 Å². The Morgan fingerprint density at radius 1 is 1.00 bits per heavy atom. The molecule has 2 atom stereocenters. The van der Waals surface area contributed by atoms with Gasteiger partial charge in [0, 0.05) is 5.56 Å². The van der Waals surface area contributed by atoms with E-state index < -0.39 is 35.0 Å². The number of imide groups is 1. The van der Waals surface area contributed by atoms with Crippen molar-refractivity contribution in [2.24, 2.45) is 5.41 Å². The summed E-state index contributed by atoms with van der Waals surface area (Å²) in [6.07, 6.45) is 0.612. The molecule has 6 heteroatoms. The van der Waals surface area contributed by atoms with Crippen molar-refractivity contribution >= 4 is 23.6 Å². The van der Waals surface area contributed by atoms with Crippen molar-refractivity contribution in [3.05, 3.63) is 71.3 Å². The van der Waals surface area contributed by atoms with E-state index in [2.05, 4.69) is 0 Å². The van der Waals surface area contributed by atoms with Gasteiger partial charge in [-0.2, -0.15) is 0 Å². The van der Waals surface area contributed by atoms with Crippen LogP contribution >= 0.6 is 0 Å². The maximum absolute atomic E-state index is 13.4. The van der Waals surface area contributed by atoms with Gasteiger partial charge in [0.15, 0.2) is 11.2 Å². The Hall–Kier alpha value is -3.28. The molecule has 1 aliphatic carbocycles. The van der Waals surface area contributed by atoms with Crippen molar-refractivity contribution in [1.82, 2.24) is 4.90 Å². The summed E-state index contributed by atoms with van der Waals surface area (Å²) in [5.41, 5.74) is -0.615. The van der Waals surface area contributed by atoms with Crippen LogP contribution in [0.4, 0.5) is 0 Å². The molecule has 2 unspecified atom stereocenters. The van der Waals surface area contributed by atoms with E-state index in [1.54, 1.807) is 61.5 Å². The number of ether oxygens (including phenoxy) is 1. The number of rotatable bonds is 5. The highest BCUT2D eigenvalue weighted by atomic mass is 16.5. The number of carbonyl (C=O) groups is 4. The van der Waals surface area contributed by atoms with Gasteiger partial charge in [-0.3, -0.25) is 24.1 Å². The fraction of sp³-hybridized carbons (Fsp3) is 0.273. The van der Waals surface area contributed by atoms with Gasteiger partial charge in [-0.1, -0.05) is 42.5 Å². The largest absolute Gasteiger partial charge is 0.465 e. The predicted molar refractivity (Wildman–Crippen MR) is 99.8 cm³/mol. The number of benzene rings is 2. The molecule has 0 radical (unpaired) electrons. The molecule has 142 valence electrons. The van der Waals surface area contributed by atoms with Gasteiger partial charge in [-0.15, -0.1) is 0 Å². The van der Waals surface area contributed by atoms with Gasteiger partial charge in [0.1, 0.15) is 0 Å². The van der Waals surface area contributed by atoms with E-state index in [9.17, 15) is 19.2 Å². The normalized spacial score (nSPS) is 23.2. The number of esters is 1. The van der Waals surface area contributed by atoms with Gasteiger partial charge in [0.05, 0.1) is 23.8 Å². The first-order valence-electron chi connectivity index (χ1n) is 9.26. The zero-order valence-corrected chi connectivity index (χ0v) is 15.4. The molecule has 0 spiro atoms. The summed E-state index contributed by atoms with van der Waals surface area (Å²) in [5, 5.41) is 0. The minimum Gasteiger partial charge on any atom is -0.465 e. The lowest BCUT2D eigenvalue weighted by Gasteiger charge is -2.48. The molecule has 2 aromatic rings. The third-order valence-corrected chi connectivity index (χ3v) is 5.60. The fourth-order valence-corrected chi connectivity index (χ4v) is 4.11. The van der Waals surface area contributed by atoms with E-state index >= 15 is 0 Å². The lowest BCUT2D eigenvalue weighted by molar-refractivity contribution is -0.161. The van der Waals surface area contributed by atoms with Crippen molar-refractivity contribution in [3.8, 4) is 0 Å². The lowest BCUT2D eigenvalue weighted by atomic mass is 9.59. The second-order valence-electron chi connectivity index (χ2n) is 6.97. The minimum absolute atomic E-state index is 0.109. The number of carbonyl (C=O) groups excluding carboxylic acids is 4. The Balaban J connectivity index is 1.77. The van der Waals surface area contributed by atoms with Crippen molar-refractivity contribution in [2.75, 3.05) is 6.61 Å². The first-order valence-corrected chi connectivity index (χ1v) is 9.26. The molecule has 0 saturated heterocycles. The van der Waals surface area contributed by atoms with Gasteiger partial charge in [-0.05, 0) is 31.9 Å². The summed E-state index contributed by atoms with van der Waals surface area (Å²) in [6, 6.07) is 14.1. The van der Waals surface area contributed by atoms with Gasteiger partial charge in [0.25, 0.3) is 11.8 Å². The number of ketones is 1. The number of hydrogen-bond donors (Lipinski definition) is 0. The first kappa shape index (κ1) is 18.1. The van der Waals surface area contributed by atoms with Crippen LogP contribution in [0, 0.1) is 5.41 Å². The van der Waals surface area contributed by atoms with E-state index in [1.165, 1.54) is 0 Å². The Kier molecular flexibility index (Phi) is 4.34. The third kappa shape index (κ3) is 2.41. The lowest BCUT2D eigenvalue weighted by Crippen LogP contribution is -2.64. The quantitative estimate of drug-likeness (QED) is 0.346. The third-order valence-electron chi connectivity index (χ3n) is 5.60. The molecule has 6 nitrogen and oxygen atoms in total. The summed E-state index contributed by atoms with van der Waals surface area (Å²) >= 11 is 0. The maximum atomic E-state index is 13.4. The molecular weight excluding hydrogens is 358 g/mol. The summed E-state index contributed by atoms with van der Waals surface area (Å²) < 4.78 is 5.22. The number of hydrogen-bond acceptors (Lipinski definition) is 5. The van der Waals surface area contributed by atoms with Crippen molar-refractivity contribution in [2.45, 2.75) is 25.8 Å². The Labute approximate surface area is 162 Å². The fourth-order valence-electron chi connectivity index (χ4n) is 4.11. The van der Waals surface area contributed by atoms with E-state index in [4.69, 9.17) is 4.74 Å². The van der Waals surface area contributed by atoms with E-state index in [1.807, 2.05) is 0 Å². The number of amides is 2. The van der Waals surface area contributed by atoms with Crippen molar-refractivity contribution in [1.29, 1.82) is 0 Å². The van der Waals surface area contributed by atoms with Gasteiger partial charge in [0.2, 0.25) is 0 Å².